The van der Waals surface area contributed by atoms with Crippen LogP contribution in [-0.4, -0.2) is 65.6 Å². The summed E-state index contributed by atoms with van der Waals surface area (Å²) in [6.07, 6.45) is 3.02. The summed E-state index contributed by atoms with van der Waals surface area (Å²) in [5.41, 5.74) is 5.92. The molecule has 1 atom stereocenters. The number of anilines is 1. The lowest BCUT2D eigenvalue weighted by atomic mass is 9.95. The van der Waals surface area contributed by atoms with E-state index in [0.29, 0.717) is 6.42 Å². The van der Waals surface area contributed by atoms with Gasteiger partial charge in [0.1, 0.15) is 22.7 Å². The molecule has 196 valence electrons. The van der Waals surface area contributed by atoms with Crippen molar-refractivity contribution in [3.63, 3.8) is 0 Å². The summed E-state index contributed by atoms with van der Waals surface area (Å²) in [5, 5.41) is 18.6. The van der Waals surface area contributed by atoms with Crippen molar-refractivity contribution < 1.29 is 28.2 Å². The van der Waals surface area contributed by atoms with E-state index in [2.05, 4.69) is 0 Å². The molecule has 1 saturated heterocycles. The van der Waals surface area contributed by atoms with Gasteiger partial charge in [-0.1, -0.05) is 23.7 Å². The number of thiophene rings is 1. The number of hydrogen-bond acceptors (Lipinski definition) is 7. The molecule has 0 aliphatic carbocycles. The van der Waals surface area contributed by atoms with Crippen molar-refractivity contribution in [2.45, 2.75) is 12.5 Å². The van der Waals surface area contributed by atoms with Crippen LogP contribution in [0.4, 0.5) is 13.8 Å². The fourth-order valence-electron chi connectivity index (χ4n) is 4.94. The number of nitrogen functional groups attached to an aromatic ring is 1. The number of halogens is 3. The van der Waals surface area contributed by atoms with Gasteiger partial charge in [-0.25, -0.2) is 8.78 Å². The number of rotatable bonds is 3. The maximum absolute atomic E-state index is 15.7. The summed E-state index contributed by atoms with van der Waals surface area (Å²) in [5.74, 6) is -2.21. The molecule has 3 aromatic rings. The second-order valence-electron chi connectivity index (χ2n) is 8.83. The molecular weight excluding hydrogens is 538 g/mol. The molecule has 1 fully saturated rings. The molecule has 3 heterocycles. The standard InChI is InChI=1S/C26H21ClF2N4O4S/c27-22-21(14-3-4-17(28)24-20(14)16(11-30)25(31)38-24)18(29)10-15-23(22)37-9-5-13-12-32(19(35)2-1-8-34)6-7-33(13)26(15)36/h1-4,10,13,34H,5-9,12,31H2/b2-1+/t13-/m0/s1. The molecule has 8 nitrogen and oxygen atoms in total. The molecule has 38 heavy (non-hydrogen) atoms. The first-order chi connectivity index (χ1) is 18.3. The Morgan fingerprint density at radius 1 is 1.32 bits per heavy atom. The Balaban J connectivity index is 1.56. The van der Waals surface area contributed by atoms with E-state index in [-0.39, 0.29) is 92.9 Å². The summed E-state index contributed by atoms with van der Waals surface area (Å²) in [7, 11) is 0. The van der Waals surface area contributed by atoms with Crippen LogP contribution in [-0.2, 0) is 4.79 Å². The summed E-state index contributed by atoms with van der Waals surface area (Å²) in [6, 6.07) is 5.10. The molecule has 2 aromatic carbocycles. The zero-order valence-electron chi connectivity index (χ0n) is 19.8. The highest BCUT2D eigenvalue weighted by Crippen LogP contribution is 2.47. The molecule has 2 amide bonds. The number of amides is 2. The minimum absolute atomic E-state index is 0.00455. The van der Waals surface area contributed by atoms with Crippen LogP contribution < -0.4 is 10.5 Å². The lowest BCUT2D eigenvalue weighted by molar-refractivity contribution is -0.128. The number of nitrogens with zero attached hydrogens (tertiary/aromatic N) is 3. The Labute approximate surface area is 225 Å². The number of aliphatic hydroxyl groups excluding tert-OH is 1. The van der Waals surface area contributed by atoms with Crippen molar-refractivity contribution in [2.75, 3.05) is 38.6 Å². The van der Waals surface area contributed by atoms with Crippen LogP contribution in [0.1, 0.15) is 22.3 Å². The van der Waals surface area contributed by atoms with Gasteiger partial charge in [0.25, 0.3) is 5.91 Å². The molecule has 0 saturated carbocycles. The maximum atomic E-state index is 15.7. The third kappa shape index (κ3) is 4.24. The maximum Gasteiger partial charge on any atom is 0.258 e. The van der Waals surface area contributed by atoms with Gasteiger partial charge >= 0.3 is 0 Å². The topological polar surface area (TPSA) is 120 Å². The summed E-state index contributed by atoms with van der Waals surface area (Å²) in [4.78, 5) is 29.1. The number of hydrogen-bond donors (Lipinski definition) is 2. The van der Waals surface area contributed by atoms with Crippen LogP contribution >= 0.6 is 22.9 Å². The largest absolute Gasteiger partial charge is 0.491 e. The Morgan fingerprint density at radius 3 is 2.84 bits per heavy atom. The first kappa shape index (κ1) is 25.9. The van der Waals surface area contributed by atoms with E-state index in [1.165, 1.54) is 18.2 Å². The van der Waals surface area contributed by atoms with Gasteiger partial charge in [-0.15, -0.1) is 11.3 Å². The van der Waals surface area contributed by atoms with Gasteiger partial charge in [-0.3, -0.25) is 9.59 Å². The van der Waals surface area contributed by atoms with E-state index < -0.39 is 17.5 Å². The number of piperazine rings is 1. The average molecular weight is 559 g/mol. The number of aliphatic hydroxyl groups is 1. The van der Waals surface area contributed by atoms with Gasteiger partial charge in [0.2, 0.25) is 5.91 Å². The minimum atomic E-state index is -0.840. The molecule has 2 aliphatic heterocycles. The van der Waals surface area contributed by atoms with Gasteiger partial charge in [-0.05, 0) is 17.7 Å². The quantitative estimate of drug-likeness (QED) is 0.470. The highest BCUT2D eigenvalue weighted by molar-refractivity contribution is 7.23. The smallest absolute Gasteiger partial charge is 0.258 e. The molecule has 0 unspecified atom stereocenters. The fourth-order valence-corrected chi connectivity index (χ4v) is 6.23. The van der Waals surface area contributed by atoms with E-state index in [0.717, 1.165) is 23.5 Å². The number of ether oxygens (including phenoxy) is 1. The van der Waals surface area contributed by atoms with Gasteiger partial charge < -0.3 is 25.4 Å². The average Bonchev–Trinajstić information content (AvgIpc) is 3.25. The zero-order chi connectivity index (χ0) is 27.1. The van der Waals surface area contributed by atoms with Crippen LogP contribution in [0.2, 0.25) is 5.02 Å². The highest BCUT2D eigenvalue weighted by Gasteiger charge is 2.37. The van der Waals surface area contributed by atoms with E-state index in [1.54, 1.807) is 9.80 Å². The first-order valence-corrected chi connectivity index (χ1v) is 12.9. The summed E-state index contributed by atoms with van der Waals surface area (Å²) in [6.45, 7) is 0.631. The highest BCUT2D eigenvalue weighted by atomic mass is 35.5. The Kier molecular flexibility index (Phi) is 6.96. The van der Waals surface area contributed by atoms with Gasteiger partial charge in [0, 0.05) is 43.1 Å². The number of carbonyl (C=O) groups is 2. The Bertz CT molecular complexity index is 1550. The van der Waals surface area contributed by atoms with Gasteiger partial charge in [0.15, 0.2) is 5.75 Å². The van der Waals surface area contributed by atoms with Crippen molar-refractivity contribution in [1.29, 1.82) is 5.26 Å². The predicted octanol–water partition coefficient (Wildman–Crippen LogP) is 3.94. The van der Waals surface area contributed by atoms with Crippen molar-refractivity contribution in [3.05, 3.63) is 58.1 Å². The fraction of sp³-hybridized carbons (Fsp3) is 0.269. The molecular formula is C26H21ClF2N4O4S. The second kappa shape index (κ2) is 10.2. The zero-order valence-corrected chi connectivity index (χ0v) is 21.4. The predicted molar refractivity (Wildman–Crippen MR) is 139 cm³/mol. The first-order valence-electron chi connectivity index (χ1n) is 11.7. The lowest BCUT2D eigenvalue weighted by Crippen LogP contribution is -2.57. The van der Waals surface area contributed by atoms with E-state index in [1.807, 2.05) is 6.07 Å². The van der Waals surface area contributed by atoms with Crippen LogP contribution in [0.25, 0.3) is 21.2 Å². The Hall–Kier alpha value is -3.72. The summed E-state index contributed by atoms with van der Waals surface area (Å²) < 4.78 is 36.2. The molecule has 1 aromatic heterocycles. The molecule has 3 N–H and O–H groups in total. The molecule has 5 rings (SSSR count). The minimum Gasteiger partial charge on any atom is -0.491 e. The lowest BCUT2D eigenvalue weighted by Gasteiger charge is -2.42. The van der Waals surface area contributed by atoms with Crippen LogP contribution in [0.15, 0.2) is 30.4 Å². The van der Waals surface area contributed by atoms with Crippen molar-refractivity contribution >= 4 is 49.8 Å². The number of fused-ring (bicyclic) bond motifs is 3. The van der Waals surface area contributed by atoms with Crippen molar-refractivity contribution in [2.24, 2.45) is 0 Å². The number of nitriles is 1. The van der Waals surface area contributed by atoms with Crippen molar-refractivity contribution in [1.82, 2.24) is 9.80 Å². The van der Waals surface area contributed by atoms with Crippen LogP contribution in [0, 0.1) is 23.0 Å². The van der Waals surface area contributed by atoms with Crippen LogP contribution in [0.3, 0.4) is 0 Å². The summed E-state index contributed by atoms with van der Waals surface area (Å²) >= 11 is 7.55. The SMILES string of the molecule is N#Cc1c(N)sc2c(F)ccc(-c3c(F)cc4c(c3Cl)OCC[C@H]3CN(C(=O)/C=C/CO)CCN3C4=O)c12. The number of benzene rings is 2. The molecule has 2 aliphatic rings. The van der Waals surface area contributed by atoms with E-state index in [9.17, 15) is 19.2 Å². The monoisotopic (exact) mass is 558 g/mol. The van der Waals surface area contributed by atoms with E-state index in [4.69, 9.17) is 27.2 Å². The third-order valence-electron chi connectivity index (χ3n) is 6.72. The molecule has 0 radical (unpaired) electrons. The second-order valence-corrected chi connectivity index (χ2v) is 10.3. The Morgan fingerprint density at radius 2 is 2.11 bits per heavy atom. The number of nitrogens with two attached hydrogens (primary N) is 1. The molecule has 0 spiro atoms. The van der Waals surface area contributed by atoms with Gasteiger partial charge in [-0.2, -0.15) is 5.26 Å². The molecule has 12 heteroatoms. The van der Waals surface area contributed by atoms with Crippen LogP contribution in [0.5, 0.6) is 5.75 Å². The van der Waals surface area contributed by atoms with Crippen molar-refractivity contribution in [3.8, 4) is 22.9 Å². The molecule has 0 bridgehead atoms. The normalized spacial score (nSPS) is 17.6. The van der Waals surface area contributed by atoms with E-state index >= 15 is 4.39 Å². The van der Waals surface area contributed by atoms with Gasteiger partial charge in [0.05, 0.1) is 40.1 Å². The number of carbonyl (C=O) groups excluding carboxylic acids is 2. The third-order valence-corrected chi connectivity index (χ3v) is 8.11.